The number of halogens is 1. The third-order valence-electron chi connectivity index (χ3n) is 5.57. The van der Waals surface area contributed by atoms with Gasteiger partial charge >= 0.3 is 0 Å². The molecule has 3 rings (SSSR count). The number of aliphatic imine (C=N–C) groups is 1. The normalized spacial score (nSPS) is 19.5. The number of nitrogens with one attached hydrogen (secondary N) is 1. The Labute approximate surface area is 190 Å². The van der Waals surface area contributed by atoms with E-state index in [-0.39, 0.29) is 28.7 Å². The van der Waals surface area contributed by atoms with E-state index in [9.17, 15) is 0 Å². The fourth-order valence-electron chi connectivity index (χ4n) is 3.72. The van der Waals surface area contributed by atoms with Gasteiger partial charge in [-0.3, -0.25) is 4.99 Å². The predicted octanol–water partition coefficient (Wildman–Crippen LogP) is 3.89. The third-order valence-corrected chi connectivity index (χ3v) is 6.99. The van der Waals surface area contributed by atoms with E-state index in [1.165, 1.54) is 11.1 Å². The number of guanidine groups is 1. The third kappa shape index (κ3) is 5.79. The van der Waals surface area contributed by atoms with Crippen LogP contribution in [-0.2, 0) is 4.74 Å². The van der Waals surface area contributed by atoms with Crippen molar-refractivity contribution in [1.82, 2.24) is 10.2 Å². The summed E-state index contributed by atoms with van der Waals surface area (Å²) >= 11 is 1.95. The molecule has 1 aromatic carbocycles. The van der Waals surface area contributed by atoms with Crippen LogP contribution in [0.1, 0.15) is 24.8 Å². The Morgan fingerprint density at radius 1 is 1.36 bits per heavy atom. The Morgan fingerprint density at radius 2 is 2.14 bits per heavy atom. The van der Waals surface area contributed by atoms with E-state index in [2.05, 4.69) is 45.7 Å². The van der Waals surface area contributed by atoms with Gasteiger partial charge in [-0.1, -0.05) is 18.2 Å². The smallest absolute Gasteiger partial charge is 0.193 e. The molecule has 1 fully saturated rings. The molecule has 0 amide bonds. The second kappa shape index (κ2) is 11.3. The molecule has 1 N–H and O–H groups in total. The Hall–Kier alpha value is -0.930. The number of hydrogen-bond donors (Lipinski definition) is 1. The van der Waals surface area contributed by atoms with Gasteiger partial charge in [-0.25, -0.2) is 0 Å². The van der Waals surface area contributed by atoms with Crippen LogP contribution in [-0.4, -0.2) is 68.9 Å². The molecule has 7 heteroatoms. The Balaban J connectivity index is 0.00000280. The van der Waals surface area contributed by atoms with Crippen molar-refractivity contribution in [3.8, 4) is 5.75 Å². The van der Waals surface area contributed by atoms with E-state index in [0.717, 1.165) is 63.8 Å². The van der Waals surface area contributed by atoms with Gasteiger partial charge in [-0.2, -0.15) is 11.8 Å². The van der Waals surface area contributed by atoms with E-state index in [1.807, 2.05) is 24.9 Å². The first-order valence-electron chi connectivity index (χ1n) is 9.62. The molecule has 2 aliphatic heterocycles. The molecular weight excluding hydrogens is 485 g/mol. The molecule has 0 unspecified atom stereocenters. The lowest BCUT2D eigenvalue weighted by Crippen LogP contribution is -2.50. The summed E-state index contributed by atoms with van der Waals surface area (Å²) in [7, 11) is 3.59. The number of methoxy groups -OCH3 is 1. The fraction of sp³-hybridized carbons (Fsp3) is 0.571. The van der Waals surface area contributed by atoms with Crippen LogP contribution < -0.4 is 10.1 Å². The number of hydrogen-bond acceptors (Lipinski definition) is 4. The van der Waals surface area contributed by atoms with E-state index >= 15 is 0 Å². The Kier molecular flexibility index (Phi) is 9.43. The highest BCUT2D eigenvalue weighted by atomic mass is 127. The minimum Gasteiger partial charge on any atom is -0.497 e. The molecule has 0 bridgehead atoms. The monoisotopic (exact) mass is 517 g/mol. The van der Waals surface area contributed by atoms with E-state index in [0.29, 0.717) is 0 Å². The molecule has 2 heterocycles. The highest BCUT2D eigenvalue weighted by Gasteiger charge is 2.32. The molecule has 2 aliphatic rings. The number of benzene rings is 1. The Morgan fingerprint density at radius 3 is 2.75 bits per heavy atom. The van der Waals surface area contributed by atoms with Gasteiger partial charge in [0.15, 0.2) is 5.96 Å². The summed E-state index contributed by atoms with van der Waals surface area (Å²) in [4.78, 5) is 6.86. The van der Waals surface area contributed by atoms with Crippen LogP contribution in [0.15, 0.2) is 35.3 Å². The van der Waals surface area contributed by atoms with Gasteiger partial charge < -0.3 is 19.7 Å². The zero-order valence-electron chi connectivity index (χ0n) is 17.1. The molecule has 1 aromatic rings. The van der Waals surface area contributed by atoms with Crippen LogP contribution in [0.5, 0.6) is 5.75 Å². The molecule has 0 saturated carbocycles. The van der Waals surface area contributed by atoms with Crippen LogP contribution in [0.2, 0.25) is 0 Å². The summed E-state index contributed by atoms with van der Waals surface area (Å²) in [5, 5.41) is 3.62. The zero-order valence-corrected chi connectivity index (χ0v) is 20.2. The Bertz CT molecular complexity index is 690. The van der Waals surface area contributed by atoms with Crippen molar-refractivity contribution in [2.75, 3.05) is 53.3 Å². The first-order chi connectivity index (χ1) is 13.2. The van der Waals surface area contributed by atoms with Crippen LogP contribution >= 0.6 is 35.7 Å². The minimum atomic E-state index is 0. The molecule has 0 aliphatic carbocycles. The van der Waals surface area contributed by atoms with Crippen molar-refractivity contribution < 1.29 is 9.47 Å². The molecule has 0 atom stereocenters. The molecule has 5 nitrogen and oxygen atoms in total. The van der Waals surface area contributed by atoms with Gasteiger partial charge in [0.2, 0.25) is 0 Å². The van der Waals surface area contributed by atoms with Crippen LogP contribution in [0, 0.1) is 0 Å². The first kappa shape index (κ1) is 23.3. The van der Waals surface area contributed by atoms with Crippen molar-refractivity contribution >= 4 is 47.3 Å². The average molecular weight is 517 g/mol. The van der Waals surface area contributed by atoms with Gasteiger partial charge in [0, 0.05) is 44.6 Å². The van der Waals surface area contributed by atoms with E-state index in [1.54, 1.807) is 7.11 Å². The maximum atomic E-state index is 5.55. The quantitative estimate of drug-likeness (QED) is 0.365. The number of thioether (sulfide) groups is 1. The summed E-state index contributed by atoms with van der Waals surface area (Å²) < 4.78 is 11.2. The lowest BCUT2D eigenvalue weighted by Gasteiger charge is -2.37. The summed E-state index contributed by atoms with van der Waals surface area (Å²) in [6.45, 7) is 4.50. The molecule has 0 aromatic heterocycles. The van der Waals surface area contributed by atoms with Gasteiger partial charge in [0.05, 0.1) is 7.11 Å². The summed E-state index contributed by atoms with van der Waals surface area (Å²) in [5.74, 6) is 1.91. The first-order valence-corrected chi connectivity index (χ1v) is 10.8. The maximum absolute atomic E-state index is 5.55. The van der Waals surface area contributed by atoms with Crippen LogP contribution in [0.4, 0.5) is 0 Å². The highest BCUT2D eigenvalue weighted by molar-refractivity contribution is 14.0. The SMILES string of the molecule is CN=C(NCC1(SC)CCOCC1)N1CC=C(c2cccc(OC)c2)CC1.I. The predicted molar refractivity (Wildman–Crippen MR) is 130 cm³/mol. The van der Waals surface area contributed by atoms with E-state index < -0.39 is 0 Å². The number of nitrogens with zero attached hydrogens (tertiary/aromatic N) is 2. The summed E-state index contributed by atoms with van der Waals surface area (Å²) in [6.07, 6.45) is 7.72. The summed E-state index contributed by atoms with van der Waals surface area (Å²) in [6, 6.07) is 8.31. The largest absolute Gasteiger partial charge is 0.497 e. The lowest BCUT2D eigenvalue weighted by molar-refractivity contribution is 0.0781. The topological polar surface area (TPSA) is 46.1 Å². The lowest BCUT2D eigenvalue weighted by atomic mass is 9.98. The van der Waals surface area contributed by atoms with Crippen molar-refractivity contribution in [2.45, 2.75) is 24.0 Å². The molecule has 156 valence electrons. The highest BCUT2D eigenvalue weighted by Crippen LogP contribution is 2.33. The molecular formula is C21H32IN3O2S. The molecule has 1 saturated heterocycles. The second-order valence-corrected chi connectivity index (χ2v) is 8.33. The van der Waals surface area contributed by atoms with Crippen molar-refractivity contribution in [2.24, 2.45) is 4.99 Å². The minimum absolute atomic E-state index is 0. The van der Waals surface area contributed by atoms with Gasteiger partial charge in [0.25, 0.3) is 0 Å². The average Bonchev–Trinajstić information content (AvgIpc) is 2.75. The molecule has 0 spiro atoms. The van der Waals surface area contributed by atoms with Crippen LogP contribution in [0.3, 0.4) is 0 Å². The zero-order chi connectivity index (χ0) is 19.1. The second-order valence-electron chi connectivity index (χ2n) is 7.06. The standard InChI is InChI=1S/C21H31N3O2S.HI/c1-22-20(23-16-21(27-3)9-13-26-14-10-21)24-11-7-17(8-12-24)18-5-4-6-19(15-18)25-2;/h4-7,15H,8-14,16H2,1-3H3,(H,22,23);1H. The van der Waals surface area contributed by atoms with Crippen LogP contribution in [0.25, 0.3) is 5.57 Å². The molecule has 0 radical (unpaired) electrons. The van der Waals surface area contributed by atoms with Gasteiger partial charge in [-0.15, -0.1) is 24.0 Å². The van der Waals surface area contributed by atoms with Gasteiger partial charge in [0.1, 0.15) is 5.75 Å². The van der Waals surface area contributed by atoms with Gasteiger partial charge in [-0.05, 0) is 48.8 Å². The van der Waals surface area contributed by atoms with Crippen molar-refractivity contribution in [1.29, 1.82) is 0 Å². The number of rotatable bonds is 5. The molecule has 28 heavy (non-hydrogen) atoms. The van der Waals surface area contributed by atoms with Crippen molar-refractivity contribution in [3.63, 3.8) is 0 Å². The fourth-order valence-corrected chi connectivity index (χ4v) is 4.51. The summed E-state index contributed by atoms with van der Waals surface area (Å²) in [5.41, 5.74) is 2.63. The number of ether oxygens (including phenoxy) is 2. The van der Waals surface area contributed by atoms with E-state index in [4.69, 9.17) is 9.47 Å². The maximum Gasteiger partial charge on any atom is 0.193 e. The van der Waals surface area contributed by atoms with Crippen molar-refractivity contribution in [3.05, 3.63) is 35.9 Å².